The Bertz CT molecular complexity index is 294. The molecule has 0 aliphatic heterocycles. The molecule has 0 radical (unpaired) electrons. The lowest BCUT2D eigenvalue weighted by Crippen LogP contribution is -2.13. The molecule has 0 saturated carbocycles. The molecule has 1 aromatic rings. The standard InChI is InChI=1S/C11H15NO/c1-9(2)10-5-4-6-11(7-10)12(3)8-13/h4-9H,1-3H3. The van der Waals surface area contributed by atoms with E-state index in [2.05, 4.69) is 19.9 Å². The highest BCUT2D eigenvalue weighted by Gasteiger charge is 2.02. The van der Waals surface area contributed by atoms with Crippen LogP contribution in [-0.4, -0.2) is 13.5 Å². The van der Waals surface area contributed by atoms with Crippen molar-refractivity contribution in [3.63, 3.8) is 0 Å². The Balaban J connectivity index is 2.97. The molecule has 2 heteroatoms. The molecule has 1 aromatic carbocycles. The van der Waals surface area contributed by atoms with E-state index in [0.717, 1.165) is 12.1 Å². The first-order valence-corrected chi connectivity index (χ1v) is 4.43. The molecule has 0 saturated heterocycles. The van der Waals surface area contributed by atoms with Gasteiger partial charge in [0.15, 0.2) is 0 Å². The van der Waals surface area contributed by atoms with Crippen molar-refractivity contribution in [1.29, 1.82) is 0 Å². The van der Waals surface area contributed by atoms with E-state index >= 15 is 0 Å². The topological polar surface area (TPSA) is 20.3 Å². The van der Waals surface area contributed by atoms with E-state index in [0.29, 0.717) is 5.92 Å². The molecule has 13 heavy (non-hydrogen) atoms. The van der Waals surface area contributed by atoms with Crippen molar-refractivity contribution in [3.8, 4) is 0 Å². The van der Waals surface area contributed by atoms with Crippen LogP contribution in [0.5, 0.6) is 0 Å². The Morgan fingerprint density at radius 1 is 1.38 bits per heavy atom. The second kappa shape index (κ2) is 4.08. The highest BCUT2D eigenvalue weighted by molar-refractivity contribution is 5.74. The third-order valence-electron chi connectivity index (χ3n) is 2.10. The van der Waals surface area contributed by atoms with Crippen molar-refractivity contribution in [1.82, 2.24) is 0 Å². The summed E-state index contributed by atoms with van der Waals surface area (Å²) in [6.45, 7) is 4.28. The fraction of sp³-hybridized carbons (Fsp3) is 0.364. The molecule has 70 valence electrons. The SMILES string of the molecule is CC(C)c1cccc(N(C)C=O)c1. The average Bonchev–Trinajstić information content (AvgIpc) is 2.17. The minimum atomic E-state index is 0.500. The lowest BCUT2D eigenvalue weighted by molar-refractivity contribution is -0.107. The van der Waals surface area contributed by atoms with Crippen LogP contribution in [0.4, 0.5) is 5.69 Å². The van der Waals surface area contributed by atoms with Gasteiger partial charge in [0.25, 0.3) is 0 Å². The smallest absolute Gasteiger partial charge is 0.213 e. The zero-order valence-corrected chi connectivity index (χ0v) is 8.32. The number of carbonyl (C=O) groups excluding carboxylic acids is 1. The quantitative estimate of drug-likeness (QED) is 0.649. The number of hydrogen-bond acceptors (Lipinski definition) is 1. The molecule has 0 aliphatic rings. The van der Waals surface area contributed by atoms with Crippen LogP contribution in [0.3, 0.4) is 0 Å². The summed E-state index contributed by atoms with van der Waals surface area (Å²) in [6.07, 6.45) is 0.819. The monoisotopic (exact) mass is 177 g/mol. The molecule has 0 bridgehead atoms. The minimum absolute atomic E-state index is 0.500. The van der Waals surface area contributed by atoms with Crippen LogP contribution in [0.1, 0.15) is 25.3 Å². The average molecular weight is 177 g/mol. The lowest BCUT2D eigenvalue weighted by atomic mass is 10.0. The number of carbonyl (C=O) groups is 1. The molecule has 0 fully saturated rings. The van der Waals surface area contributed by atoms with Crippen LogP contribution < -0.4 is 4.90 Å². The van der Waals surface area contributed by atoms with Gasteiger partial charge >= 0.3 is 0 Å². The Morgan fingerprint density at radius 3 is 2.62 bits per heavy atom. The predicted molar refractivity (Wildman–Crippen MR) is 55.0 cm³/mol. The Morgan fingerprint density at radius 2 is 2.08 bits per heavy atom. The van der Waals surface area contributed by atoms with Gasteiger partial charge < -0.3 is 4.90 Å². The van der Waals surface area contributed by atoms with Gasteiger partial charge in [0.1, 0.15) is 0 Å². The molecule has 0 aliphatic carbocycles. The molecule has 0 spiro atoms. The fourth-order valence-corrected chi connectivity index (χ4v) is 1.16. The summed E-state index contributed by atoms with van der Waals surface area (Å²) < 4.78 is 0. The molecule has 0 aromatic heterocycles. The summed E-state index contributed by atoms with van der Waals surface area (Å²) in [5.41, 5.74) is 2.20. The number of benzene rings is 1. The summed E-state index contributed by atoms with van der Waals surface area (Å²) in [5.74, 6) is 0.500. The number of amides is 1. The van der Waals surface area contributed by atoms with E-state index in [9.17, 15) is 4.79 Å². The number of nitrogens with zero attached hydrogens (tertiary/aromatic N) is 1. The summed E-state index contributed by atoms with van der Waals surface area (Å²) in [6, 6.07) is 8.02. The van der Waals surface area contributed by atoms with Crippen LogP contribution in [-0.2, 0) is 4.79 Å². The van der Waals surface area contributed by atoms with Gasteiger partial charge in [-0.2, -0.15) is 0 Å². The van der Waals surface area contributed by atoms with E-state index in [-0.39, 0.29) is 0 Å². The maximum atomic E-state index is 10.5. The van der Waals surface area contributed by atoms with Crippen molar-refractivity contribution >= 4 is 12.1 Å². The largest absolute Gasteiger partial charge is 0.318 e. The van der Waals surface area contributed by atoms with Gasteiger partial charge in [-0.3, -0.25) is 4.79 Å². The maximum Gasteiger partial charge on any atom is 0.213 e. The molecule has 0 unspecified atom stereocenters. The van der Waals surface area contributed by atoms with Crippen molar-refractivity contribution in [2.24, 2.45) is 0 Å². The molecule has 0 heterocycles. The van der Waals surface area contributed by atoms with E-state index in [1.54, 1.807) is 11.9 Å². The summed E-state index contributed by atoms with van der Waals surface area (Å²) in [4.78, 5) is 12.1. The van der Waals surface area contributed by atoms with Crippen molar-refractivity contribution in [3.05, 3.63) is 29.8 Å². The second-order valence-corrected chi connectivity index (χ2v) is 3.47. The van der Waals surface area contributed by atoms with E-state index in [4.69, 9.17) is 0 Å². The van der Waals surface area contributed by atoms with Gasteiger partial charge in [-0.05, 0) is 23.6 Å². The Hall–Kier alpha value is -1.31. The van der Waals surface area contributed by atoms with Crippen molar-refractivity contribution in [2.45, 2.75) is 19.8 Å². The second-order valence-electron chi connectivity index (χ2n) is 3.47. The van der Waals surface area contributed by atoms with Crippen LogP contribution in [0.2, 0.25) is 0 Å². The first-order chi connectivity index (χ1) is 6.15. The summed E-state index contributed by atoms with van der Waals surface area (Å²) in [5, 5.41) is 0. The van der Waals surface area contributed by atoms with E-state index < -0.39 is 0 Å². The van der Waals surface area contributed by atoms with Gasteiger partial charge in [-0.15, -0.1) is 0 Å². The number of anilines is 1. The fourth-order valence-electron chi connectivity index (χ4n) is 1.16. The molecular weight excluding hydrogens is 162 g/mol. The maximum absolute atomic E-state index is 10.5. The minimum Gasteiger partial charge on any atom is -0.318 e. The molecular formula is C11H15NO. The van der Waals surface area contributed by atoms with Gasteiger partial charge in [-0.25, -0.2) is 0 Å². The molecule has 1 amide bonds. The third-order valence-corrected chi connectivity index (χ3v) is 2.10. The van der Waals surface area contributed by atoms with Crippen LogP contribution in [0, 0.1) is 0 Å². The highest BCUT2D eigenvalue weighted by Crippen LogP contribution is 2.19. The number of hydrogen-bond donors (Lipinski definition) is 0. The summed E-state index contributed by atoms with van der Waals surface area (Å²) in [7, 11) is 1.76. The first-order valence-electron chi connectivity index (χ1n) is 4.43. The Kier molecular flexibility index (Phi) is 3.07. The molecule has 2 nitrogen and oxygen atoms in total. The zero-order chi connectivity index (χ0) is 9.84. The third kappa shape index (κ3) is 2.31. The number of rotatable bonds is 3. The van der Waals surface area contributed by atoms with Gasteiger partial charge in [0, 0.05) is 12.7 Å². The molecule has 0 atom stereocenters. The van der Waals surface area contributed by atoms with Gasteiger partial charge in [-0.1, -0.05) is 26.0 Å². The summed E-state index contributed by atoms with van der Waals surface area (Å²) >= 11 is 0. The van der Waals surface area contributed by atoms with Gasteiger partial charge in [0.2, 0.25) is 6.41 Å². The molecule has 0 N–H and O–H groups in total. The lowest BCUT2D eigenvalue weighted by Gasteiger charge is -2.13. The normalized spacial score (nSPS) is 10.2. The van der Waals surface area contributed by atoms with Gasteiger partial charge in [0.05, 0.1) is 0 Å². The zero-order valence-electron chi connectivity index (χ0n) is 8.32. The van der Waals surface area contributed by atoms with E-state index in [1.165, 1.54) is 5.56 Å². The van der Waals surface area contributed by atoms with Crippen molar-refractivity contribution in [2.75, 3.05) is 11.9 Å². The van der Waals surface area contributed by atoms with Crippen molar-refractivity contribution < 1.29 is 4.79 Å². The predicted octanol–water partition coefficient (Wildman–Crippen LogP) is 2.40. The highest BCUT2D eigenvalue weighted by atomic mass is 16.1. The van der Waals surface area contributed by atoms with Crippen LogP contribution in [0.15, 0.2) is 24.3 Å². The van der Waals surface area contributed by atoms with Crippen LogP contribution in [0.25, 0.3) is 0 Å². The molecule has 1 rings (SSSR count). The van der Waals surface area contributed by atoms with E-state index in [1.807, 2.05) is 18.2 Å². The Labute approximate surface area is 79.2 Å². The van der Waals surface area contributed by atoms with Crippen LogP contribution >= 0.6 is 0 Å². The first kappa shape index (κ1) is 9.78.